The molecule has 110 valence electrons. The summed E-state index contributed by atoms with van der Waals surface area (Å²) >= 11 is 5.93. The Morgan fingerprint density at radius 3 is 2.71 bits per heavy atom. The van der Waals surface area contributed by atoms with E-state index in [0.717, 1.165) is 17.9 Å². The summed E-state index contributed by atoms with van der Waals surface area (Å²) in [6.07, 6.45) is 5.12. The van der Waals surface area contributed by atoms with Crippen molar-refractivity contribution in [2.24, 2.45) is 5.92 Å². The van der Waals surface area contributed by atoms with E-state index in [1.54, 1.807) is 13.1 Å². The van der Waals surface area contributed by atoms with Crippen LogP contribution in [0.5, 0.6) is 0 Å². The van der Waals surface area contributed by atoms with Crippen LogP contribution in [0.1, 0.15) is 36.1 Å². The highest BCUT2D eigenvalue weighted by Gasteiger charge is 2.25. The number of carbonyl (C=O) groups is 1. The van der Waals surface area contributed by atoms with E-state index in [4.69, 9.17) is 16.3 Å². The summed E-state index contributed by atoms with van der Waals surface area (Å²) in [5.41, 5.74) is 1.32. The molecule has 0 unspecified atom stereocenters. The largest absolute Gasteiger partial charge is 0.461 e. The van der Waals surface area contributed by atoms with Crippen LogP contribution in [0.3, 0.4) is 0 Å². The molecule has 0 bridgehead atoms. The van der Waals surface area contributed by atoms with Gasteiger partial charge in [-0.25, -0.2) is 9.78 Å². The summed E-state index contributed by atoms with van der Waals surface area (Å²) in [6, 6.07) is 7.52. The van der Waals surface area contributed by atoms with Crippen LogP contribution in [0, 0.1) is 5.92 Å². The van der Waals surface area contributed by atoms with E-state index in [-0.39, 0.29) is 5.97 Å². The standard InChI is InChI=1S/C16H17ClN2O2/c1-2-21-16(20)14-10-19(13-7-5-12(17)6-8-13)15(18-14)9-11-3-4-11/h5-8,10-11H,2-4,9H2,1H3. The van der Waals surface area contributed by atoms with Crippen molar-refractivity contribution in [1.29, 1.82) is 0 Å². The molecular weight excluding hydrogens is 288 g/mol. The Labute approximate surface area is 128 Å². The molecule has 0 radical (unpaired) electrons. The molecule has 1 heterocycles. The van der Waals surface area contributed by atoms with Gasteiger partial charge in [0, 0.05) is 23.3 Å². The van der Waals surface area contributed by atoms with E-state index in [0.29, 0.717) is 23.2 Å². The highest BCUT2D eigenvalue weighted by molar-refractivity contribution is 6.30. The summed E-state index contributed by atoms with van der Waals surface area (Å²) in [7, 11) is 0. The second-order valence-electron chi connectivity index (χ2n) is 5.26. The fourth-order valence-electron chi connectivity index (χ4n) is 2.27. The molecular formula is C16H17ClN2O2. The zero-order chi connectivity index (χ0) is 14.8. The number of hydrogen-bond acceptors (Lipinski definition) is 3. The maximum atomic E-state index is 11.9. The van der Waals surface area contributed by atoms with Crippen molar-refractivity contribution in [2.75, 3.05) is 6.61 Å². The number of nitrogens with zero attached hydrogens (tertiary/aromatic N) is 2. The second kappa shape index (κ2) is 5.90. The number of imidazole rings is 1. The zero-order valence-corrected chi connectivity index (χ0v) is 12.6. The number of carbonyl (C=O) groups excluding carboxylic acids is 1. The third kappa shape index (κ3) is 3.27. The predicted octanol–water partition coefficient (Wildman–Crippen LogP) is 3.65. The maximum absolute atomic E-state index is 11.9. The predicted molar refractivity (Wildman–Crippen MR) is 81.0 cm³/mol. The van der Waals surface area contributed by atoms with Gasteiger partial charge in [-0.05, 0) is 49.9 Å². The minimum atomic E-state index is -0.373. The van der Waals surface area contributed by atoms with Crippen molar-refractivity contribution in [3.63, 3.8) is 0 Å². The van der Waals surface area contributed by atoms with Gasteiger partial charge in [-0.2, -0.15) is 0 Å². The number of ether oxygens (including phenoxy) is 1. The van der Waals surface area contributed by atoms with E-state index in [1.165, 1.54) is 12.8 Å². The summed E-state index contributed by atoms with van der Waals surface area (Å²) in [5, 5.41) is 0.688. The second-order valence-corrected chi connectivity index (χ2v) is 5.69. The van der Waals surface area contributed by atoms with Gasteiger partial charge in [0.15, 0.2) is 5.69 Å². The first kappa shape index (κ1) is 14.1. The normalized spacial score (nSPS) is 14.2. The lowest BCUT2D eigenvalue weighted by Crippen LogP contribution is -2.05. The molecule has 0 N–H and O–H groups in total. The fraction of sp³-hybridized carbons (Fsp3) is 0.375. The third-order valence-electron chi connectivity index (χ3n) is 3.54. The Kier molecular flexibility index (Phi) is 3.97. The van der Waals surface area contributed by atoms with Gasteiger partial charge in [-0.1, -0.05) is 11.6 Å². The van der Waals surface area contributed by atoms with Crippen LogP contribution < -0.4 is 0 Å². The van der Waals surface area contributed by atoms with Gasteiger partial charge >= 0.3 is 5.97 Å². The Morgan fingerprint density at radius 1 is 1.38 bits per heavy atom. The highest BCUT2D eigenvalue weighted by atomic mass is 35.5. The molecule has 3 rings (SSSR count). The van der Waals surface area contributed by atoms with Crippen molar-refractivity contribution >= 4 is 17.6 Å². The Bertz CT molecular complexity index is 645. The molecule has 21 heavy (non-hydrogen) atoms. The van der Waals surface area contributed by atoms with E-state index < -0.39 is 0 Å². The maximum Gasteiger partial charge on any atom is 0.358 e. The molecule has 5 heteroatoms. The van der Waals surface area contributed by atoms with Gasteiger partial charge in [-0.15, -0.1) is 0 Å². The quantitative estimate of drug-likeness (QED) is 0.792. The lowest BCUT2D eigenvalue weighted by Gasteiger charge is -2.07. The van der Waals surface area contributed by atoms with Crippen molar-refractivity contribution in [3.05, 3.63) is 47.0 Å². The van der Waals surface area contributed by atoms with E-state index >= 15 is 0 Å². The molecule has 1 aliphatic carbocycles. The molecule has 4 nitrogen and oxygen atoms in total. The third-order valence-corrected chi connectivity index (χ3v) is 3.79. The van der Waals surface area contributed by atoms with Crippen LogP contribution in [0.25, 0.3) is 5.69 Å². The topological polar surface area (TPSA) is 44.1 Å². The van der Waals surface area contributed by atoms with Gasteiger partial charge in [-0.3, -0.25) is 0 Å². The number of benzene rings is 1. The van der Waals surface area contributed by atoms with Crippen molar-refractivity contribution in [3.8, 4) is 5.69 Å². The highest BCUT2D eigenvalue weighted by Crippen LogP contribution is 2.33. The first-order valence-electron chi connectivity index (χ1n) is 7.18. The Morgan fingerprint density at radius 2 is 2.10 bits per heavy atom. The summed E-state index contributed by atoms with van der Waals surface area (Å²) in [4.78, 5) is 16.3. The fourth-order valence-corrected chi connectivity index (χ4v) is 2.40. The first-order chi connectivity index (χ1) is 10.2. The lowest BCUT2D eigenvalue weighted by molar-refractivity contribution is 0.0520. The van der Waals surface area contributed by atoms with Gasteiger partial charge in [0.1, 0.15) is 5.82 Å². The number of hydrogen-bond donors (Lipinski definition) is 0. The smallest absolute Gasteiger partial charge is 0.358 e. The zero-order valence-electron chi connectivity index (χ0n) is 11.9. The minimum absolute atomic E-state index is 0.352. The van der Waals surface area contributed by atoms with Gasteiger partial charge in [0.05, 0.1) is 6.61 Å². The molecule has 2 aromatic rings. The molecule has 0 aliphatic heterocycles. The molecule has 0 amide bonds. The van der Waals surface area contributed by atoms with Crippen LogP contribution in [-0.2, 0) is 11.2 Å². The summed E-state index contributed by atoms with van der Waals surface area (Å²) < 4.78 is 7.00. The molecule has 1 aromatic carbocycles. The van der Waals surface area contributed by atoms with Gasteiger partial charge < -0.3 is 9.30 Å². The molecule has 1 aliphatic rings. The van der Waals surface area contributed by atoms with E-state index in [2.05, 4.69) is 4.98 Å². The van der Waals surface area contributed by atoms with Gasteiger partial charge in [0.2, 0.25) is 0 Å². The molecule has 0 atom stereocenters. The molecule has 1 saturated carbocycles. The Balaban J connectivity index is 1.95. The van der Waals surface area contributed by atoms with E-state index in [1.807, 2.05) is 28.8 Å². The van der Waals surface area contributed by atoms with Crippen LogP contribution in [0.15, 0.2) is 30.5 Å². The van der Waals surface area contributed by atoms with Crippen molar-refractivity contribution < 1.29 is 9.53 Å². The summed E-state index contributed by atoms with van der Waals surface area (Å²) in [6.45, 7) is 2.14. The van der Waals surface area contributed by atoms with Gasteiger partial charge in [0.25, 0.3) is 0 Å². The van der Waals surface area contributed by atoms with Crippen molar-refractivity contribution in [1.82, 2.24) is 9.55 Å². The molecule has 1 fully saturated rings. The van der Waals surface area contributed by atoms with E-state index in [9.17, 15) is 4.79 Å². The Hall–Kier alpha value is -1.81. The average Bonchev–Trinajstić information content (AvgIpc) is 3.18. The SMILES string of the molecule is CCOC(=O)c1cn(-c2ccc(Cl)cc2)c(CC2CC2)n1. The molecule has 0 saturated heterocycles. The van der Waals surface area contributed by atoms with Crippen molar-refractivity contribution in [2.45, 2.75) is 26.2 Å². The number of halogens is 1. The number of rotatable bonds is 5. The lowest BCUT2D eigenvalue weighted by atomic mass is 10.2. The van der Waals surface area contributed by atoms with Crippen LogP contribution in [0.4, 0.5) is 0 Å². The van der Waals surface area contributed by atoms with Crippen LogP contribution in [-0.4, -0.2) is 22.1 Å². The number of esters is 1. The monoisotopic (exact) mass is 304 g/mol. The first-order valence-corrected chi connectivity index (χ1v) is 7.56. The molecule has 0 spiro atoms. The minimum Gasteiger partial charge on any atom is -0.461 e. The van der Waals surface area contributed by atoms with Crippen LogP contribution in [0.2, 0.25) is 5.02 Å². The number of aromatic nitrogens is 2. The average molecular weight is 305 g/mol. The molecule has 1 aromatic heterocycles. The summed E-state index contributed by atoms with van der Waals surface area (Å²) in [5.74, 6) is 1.22. The van der Waals surface area contributed by atoms with Crippen LogP contribution >= 0.6 is 11.6 Å².